The van der Waals surface area contributed by atoms with Crippen LogP contribution in [-0.2, 0) is 16.4 Å². The molecule has 0 aliphatic heterocycles. The van der Waals surface area contributed by atoms with Gasteiger partial charge in [0.2, 0.25) is 15.3 Å². The highest BCUT2D eigenvalue weighted by molar-refractivity contribution is 7.91. The number of nitrogens with zero attached hydrogens (tertiary/aromatic N) is 2. The topological polar surface area (TPSA) is 59.4 Å². The second kappa shape index (κ2) is 7.99. The molecule has 0 saturated carbocycles. The van der Waals surface area contributed by atoms with Gasteiger partial charge in [-0.3, -0.25) is 4.79 Å². The van der Waals surface area contributed by atoms with E-state index < -0.39 is 21.1 Å². The average molecular weight is 417 g/mol. The fourth-order valence-electron chi connectivity index (χ4n) is 3.54. The summed E-state index contributed by atoms with van der Waals surface area (Å²) in [6, 6.07) is 9.20. The Bertz CT molecular complexity index is 1230. The highest BCUT2D eigenvalue weighted by Gasteiger charge is 2.25. The van der Waals surface area contributed by atoms with E-state index in [1.165, 1.54) is 18.3 Å². The van der Waals surface area contributed by atoms with Gasteiger partial charge < -0.3 is 9.47 Å². The number of hydrogen-bond donors (Lipinski definition) is 0. The van der Waals surface area contributed by atoms with Gasteiger partial charge in [0.1, 0.15) is 10.7 Å². The summed E-state index contributed by atoms with van der Waals surface area (Å²) in [5.74, 6) is -0.536. The van der Waals surface area contributed by atoms with E-state index in [0.29, 0.717) is 30.8 Å². The van der Waals surface area contributed by atoms with Crippen LogP contribution in [0.2, 0.25) is 0 Å². The summed E-state index contributed by atoms with van der Waals surface area (Å²) in [6.45, 7) is 9.18. The first kappa shape index (κ1) is 21.0. The van der Waals surface area contributed by atoms with Crippen LogP contribution in [-0.4, -0.2) is 26.1 Å². The number of pyridine rings is 1. The molecule has 5 nitrogen and oxygen atoms in total. The number of rotatable bonds is 6. The van der Waals surface area contributed by atoms with Gasteiger partial charge in [-0.15, -0.1) is 0 Å². The highest BCUT2D eigenvalue weighted by Crippen LogP contribution is 2.27. The summed E-state index contributed by atoms with van der Waals surface area (Å²) in [5, 5.41) is 0.0639. The third-order valence-corrected chi connectivity index (χ3v) is 6.89. The molecular formula is C22H25FN2O3S. The number of hydrogen-bond acceptors (Lipinski definition) is 4. The van der Waals surface area contributed by atoms with Crippen LogP contribution >= 0.6 is 0 Å². The quantitative estimate of drug-likeness (QED) is 0.606. The lowest BCUT2D eigenvalue weighted by molar-refractivity contribution is 0.593. The van der Waals surface area contributed by atoms with E-state index in [1.54, 1.807) is 29.7 Å². The van der Waals surface area contributed by atoms with Crippen molar-refractivity contribution < 1.29 is 12.8 Å². The summed E-state index contributed by atoms with van der Waals surface area (Å²) < 4.78 is 42.8. The zero-order valence-electron chi connectivity index (χ0n) is 17.1. The molecule has 0 radical (unpaired) electrons. The fraction of sp³-hybridized carbons (Fsp3) is 0.318. The molecule has 0 bridgehead atoms. The second-order valence-corrected chi connectivity index (χ2v) is 8.84. The maximum atomic E-state index is 14.8. The van der Waals surface area contributed by atoms with Crippen molar-refractivity contribution in [3.63, 3.8) is 0 Å². The van der Waals surface area contributed by atoms with Crippen molar-refractivity contribution in [2.24, 2.45) is 0 Å². The molecule has 0 saturated heterocycles. The lowest BCUT2D eigenvalue weighted by Crippen LogP contribution is -2.24. The van der Waals surface area contributed by atoms with E-state index in [2.05, 4.69) is 0 Å². The van der Waals surface area contributed by atoms with E-state index in [-0.39, 0.29) is 15.2 Å². The standard InChI is InChI=1S/C22H25FN2O3S/c1-5-24(6-2)20-13-19-17(12-18(20)23)22(26)21(14-25(19)7-3)29(27,28)16-10-8-9-15(4)11-16/h8-14H,5-7H2,1-4H3. The Morgan fingerprint density at radius 1 is 1.07 bits per heavy atom. The van der Waals surface area contributed by atoms with Gasteiger partial charge in [0.05, 0.1) is 21.5 Å². The molecule has 29 heavy (non-hydrogen) atoms. The number of aryl methyl sites for hydroxylation is 2. The minimum atomic E-state index is -4.03. The average Bonchev–Trinajstić information content (AvgIpc) is 2.70. The summed E-state index contributed by atoms with van der Waals surface area (Å²) in [6.07, 6.45) is 1.37. The van der Waals surface area contributed by atoms with Gasteiger partial charge in [-0.2, -0.15) is 0 Å². The third kappa shape index (κ3) is 3.67. The summed E-state index contributed by atoms with van der Waals surface area (Å²) >= 11 is 0. The van der Waals surface area contributed by atoms with Gasteiger partial charge in [-0.05, 0) is 57.5 Å². The lowest BCUT2D eigenvalue weighted by Gasteiger charge is -2.23. The minimum absolute atomic E-state index is 0.0526. The van der Waals surface area contributed by atoms with Gasteiger partial charge in [0.25, 0.3) is 0 Å². The van der Waals surface area contributed by atoms with Crippen molar-refractivity contribution in [2.45, 2.75) is 44.0 Å². The molecule has 0 N–H and O–H groups in total. The van der Waals surface area contributed by atoms with E-state index in [0.717, 1.165) is 11.6 Å². The smallest absolute Gasteiger partial charge is 0.211 e. The number of aromatic nitrogens is 1. The van der Waals surface area contributed by atoms with Crippen LogP contribution < -0.4 is 10.3 Å². The summed E-state index contributed by atoms with van der Waals surface area (Å²) in [4.78, 5) is 14.7. The Morgan fingerprint density at radius 3 is 2.34 bits per heavy atom. The van der Waals surface area contributed by atoms with Gasteiger partial charge in [-0.1, -0.05) is 12.1 Å². The van der Waals surface area contributed by atoms with Gasteiger partial charge in [0, 0.05) is 25.8 Å². The monoisotopic (exact) mass is 416 g/mol. The Kier molecular flexibility index (Phi) is 5.80. The number of halogens is 1. The van der Waals surface area contributed by atoms with Gasteiger partial charge >= 0.3 is 0 Å². The fourth-order valence-corrected chi connectivity index (χ4v) is 5.01. The van der Waals surface area contributed by atoms with Crippen molar-refractivity contribution in [2.75, 3.05) is 18.0 Å². The van der Waals surface area contributed by atoms with Crippen molar-refractivity contribution in [1.82, 2.24) is 4.57 Å². The molecule has 0 amide bonds. The van der Waals surface area contributed by atoms with E-state index in [9.17, 15) is 17.6 Å². The first-order chi connectivity index (χ1) is 13.7. The molecule has 1 heterocycles. The molecule has 154 valence electrons. The number of fused-ring (bicyclic) bond motifs is 1. The van der Waals surface area contributed by atoms with Crippen LogP contribution in [0.4, 0.5) is 10.1 Å². The molecule has 0 fully saturated rings. The molecule has 1 aromatic heterocycles. The molecule has 0 atom stereocenters. The zero-order chi connectivity index (χ0) is 21.3. The zero-order valence-corrected chi connectivity index (χ0v) is 17.9. The Balaban J connectivity index is 2.33. The lowest BCUT2D eigenvalue weighted by atomic mass is 10.1. The third-order valence-electron chi connectivity index (χ3n) is 5.15. The van der Waals surface area contributed by atoms with Crippen LogP contribution in [0.3, 0.4) is 0 Å². The van der Waals surface area contributed by atoms with Gasteiger partial charge in [-0.25, -0.2) is 12.8 Å². The van der Waals surface area contributed by atoms with E-state index >= 15 is 0 Å². The van der Waals surface area contributed by atoms with Crippen LogP contribution in [0.25, 0.3) is 10.9 Å². The van der Waals surface area contributed by atoms with Crippen LogP contribution in [0.1, 0.15) is 26.3 Å². The van der Waals surface area contributed by atoms with Crippen molar-refractivity contribution >= 4 is 26.4 Å². The predicted molar refractivity (Wildman–Crippen MR) is 114 cm³/mol. The molecule has 3 aromatic rings. The maximum absolute atomic E-state index is 14.8. The van der Waals surface area contributed by atoms with E-state index in [4.69, 9.17) is 0 Å². The molecule has 2 aromatic carbocycles. The second-order valence-electron chi connectivity index (χ2n) is 6.92. The van der Waals surface area contributed by atoms with Crippen molar-refractivity contribution in [3.8, 4) is 0 Å². The molecule has 0 aliphatic carbocycles. The van der Waals surface area contributed by atoms with Crippen LogP contribution in [0, 0.1) is 12.7 Å². The minimum Gasteiger partial charge on any atom is -0.370 e. The molecule has 0 aliphatic rings. The first-order valence-corrected chi connectivity index (χ1v) is 11.2. The molecular weight excluding hydrogens is 391 g/mol. The SMILES string of the molecule is CCN(CC)c1cc2c(cc1F)c(=O)c(S(=O)(=O)c1cccc(C)c1)cn2CC. The first-order valence-electron chi connectivity index (χ1n) is 9.67. The van der Waals surface area contributed by atoms with Gasteiger partial charge in [0.15, 0.2) is 0 Å². The number of anilines is 1. The van der Waals surface area contributed by atoms with Crippen LogP contribution in [0.5, 0.6) is 0 Å². The maximum Gasteiger partial charge on any atom is 0.211 e. The predicted octanol–water partition coefficient (Wildman–Crippen LogP) is 4.15. The molecule has 7 heteroatoms. The number of sulfone groups is 1. The Morgan fingerprint density at radius 2 is 1.76 bits per heavy atom. The van der Waals surface area contributed by atoms with Crippen LogP contribution in [0.15, 0.2) is 57.2 Å². The Hall–Kier alpha value is -2.67. The summed E-state index contributed by atoms with van der Waals surface area (Å²) in [7, 11) is -4.03. The molecule has 0 spiro atoms. The van der Waals surface area contributed by atoms with E-state index in [1.807, 2.05) is 25.7 Å². The van der Waals surface area contributed by atoms with Crippen molar-refractivity contribution in [1.29, 1.82) is 0 Å². The van der Waals surface area contributed by atoms with Crippen molar-refractivity contribution in [3.05, 3.63) is 64.2 Å². The largest absolute Gasteiger partial charge is 0.370 e. The molecule has 0 unspecified atom stereocenters. The summed E-state index contributed by atoms with van der Waals surface area (Å²) in [5.41, 5.74) is 1.01. The highest BCUT2D eigenvalue weighted by atomic mass is 32.2. The number of benzene rings is 2. The molecule has 3 rings (SSSR count). The normalized spacial score (nSPS) is 11.8. The Labute approximate surface area is 170 Å².